The number of hydrogen-bond donors (Lipinski definition) is 1. The van der Waals surface area contributed by atoms with E-state index in [-0.39, 0.29) is 0 Å². The maximum atomic E-state index is 12.6. The third kappa shape index (κ3) is 3.92. The second kappa shape index (κ2) is 7.02. The van der Waals surface area contributed by atoms with Crippen molar-refractivity contribution in [2.24, 2.45) is 0 Å². The van der Waals surface area contributed by atoms with E-state index >= 15 is 0 Å². The van der Waals surface area contributed by atoms with Gasteiger partial charge in [-0.3, -0.25) is 0 Å². The van der Waals surface area contributed by atoms with Crippen LogP contribution in [0.4, 0.5) is 0 Å². The normalized spacial score (nSPS) is 12.0. The van der Waals surface area contributed by atoms with Crippen LogP contribution in [-0.2, 0) is 23.1 Å². The van der Waals surface area contributed by atoms with Gasteiger partial charge in [0.1, 0.15) is 0 Å². The third-order valence-electron chi connectivity index (χ3n) is 3.04. The van der Waals surface area contributed by atoms with Crippen LogP contribution in [-0.4, -0.2) is 26.8 Å². The molecule has 7 heteroatoms. The van der Waals surface area contributed by atoms with Crippen LogP contribution in [0.1, 0.15) is 10.4 Å². The Bertz CT molecular complexity index is 713. The topological polar surface area (TPSA) is 49.4 Å². The number of nitrogens with one attached hydrogen (secondary N) is 1. The Kier molecular flexibility index (Phi) is 5.56. The van der Waals surface area contributed by atoms with Gasteiger partial charge in [0.2, 0.25) is 10.0 Å². The molecule has 0 aliphatic rings. The number of hydrogen-bond acceptors (Lipinski definition) is 4. The van der Waals surface area contributed by atoms with Crippen molar-refractivity contribution in [3.63, 3.8) is 0 Å². The van der Waals surface area contributed by atoms with Crippen molar-refractivity contribution in [2.45, 2.75) is 18.0 Å². The Balaban J connectivity index is 2.20. The molecule has 0 fully saturated rings. The smallest absolute Gasteiger partial charge is 0.243 e. The predicted octanol–water partition coefficient (Wildman–Crippen LogP) is 3.05. The first-order valence-corrected chi connectivity index (χ1v) is 9.48. The molecule has 1 N–H and O–H groups in total. The summed E-state index contributed by atoms with van der Waals surface area (Å²) in [6.45, 7) is 1.01. The molecule has 0 unspecified atom stereocenters. The lowest BCUT2D eigenvalue weighted by atomic mass is 10.2. The average molecular weight is 389 g/mol. The van der Waals surface area contributed by atoms with Crippen LogP contribution in [0.25, 0.3) is 0 Å². The summed E-state index contributed by atoms with van der Waals surface area (Å²) in [5.41, 5.74) is 0.939. The summed E-state index contributed by atoms with van der Waals surface area (Å²) in [4.78, 5) is 1.36. The molecule has 2 rings (SSSR count). The van der Waals surface area contributed by atoms with Crippen LogP contribution in [0.5, 0.6) is 0 Å². The maximum absolute atomic E-state index is 12.6. The average Bonchev–Trinajstić information content (AvgIpc) is 2.91. The molecule has 0 saturated heterocycles. The minimum absolute atomic E-state index is 0.334. The zero-order valence-electron chi connectivity index (χ0n) is 11.8. The molecule has 1 aromatic heterocycles. The number of rotatable bonds is 6. The largest absolute Gasteiger partial charge is 0.315 e. The Labute approximate surface area is 138 Å². The van der Waals surface area contributed by atoms with Crippen LogP contribution in [0.2, 0.25) is 0 Å². The molecular weight excluding hydrogens is 372 g/mol. The zero-order valence-corrected chi connectivity index (χ0v) is 15.1. The summed E-state index contributed by atoms with van der Waals surface area (Å²) in [6.07, 6.45) is 0. The molecule has 0 saturated carbocycles. The standard InChI is InChI=1S/C14H17BrN2O2S2/c1-16-8-12-7-13(10-20-12)21(18,19)17(2)9-11-5-3-4-6-14(11)15/h3-7,10,16H,8-9H2,1-2H3. The number of thiophene rings is 1. The summed E-state index contributed by atoms with van der Waals surface area (Å²) in [7, 11) is -0.0147. The first-order chi connectivity index (χ1) is 9.95. The zero-order chi connectivity index (χ0) is 15.5. The highest BCUT2D eigenvalue weighted by Gasteiger charge is 2.22. The fraction of sp³-hybridized carbons (Fsp3) is 0.286. The maximum Gasteiger partial charge on any atom is 0.243 e. The van der Waals surface area contributed by atoms with Gasteiger partial charge in [-0.25, -0.2) is 8.42 Å². The molecule has 0 spiro atoms. The summed E-state index contributed by atoms with van der Waals surface area (Å²) in [5, 5.41) is 4.71. The SMILES string of the molecule is CNCc1cc(S(=O)(=O)N(C)Cc2ccccc2Br)cs1. The number of nitrogens with zero attached hydrogens (tertiary/aromatic N) is 1. The summed E-state index contributed by atoms with van der Waals surface area (Å²) in [6, 6.07) is 9.36. The van der Waals surface area contributed by atoms with E-state index in [9.17, 15) is 8.42 Å². The molecule has 1 aromatic carbocycles. The van der Waals surface area contributed by atoms with Crippen molar-refractivity contribution in [2.75, 3.05) is 14.1 Å². The molecule has 0 radical (unpaired) electrons. The van der Waals surface area contributed by atoms with Crippen molar-refractivity contribution in [3.05, 3.63) is 50.6 Å². The van der Waals surface area contributed by atoms with Crippen LogP contribution >= 0.6 is 27.3 Å². The van der Waals surface area contributed by atoms with E-state index in [1.165, 1.54) is 15.6 Å². The monoisotopic (exact) mass is 388 g/mol. The van der Waals surface area contributed by atoms with Gasteiger partial charge in [0.15, 0.2) is 0 Å². The molecule has 0 aliphatic carbocycles. The molecular formula is C14H17BrN2O2S2. The van der Waals surface area contributed by atoms with Gasteiger partial charge in [0.05, 0.1) is 4.90 Å². The van der Waals surface area contributed by atoms with Crippen LogP contribution in [0.15, 0.2) is 45.1 Å². The van der Waals surface area contributed by atoms with E-state index in [1.54, 1.807) is 18.5 Å². The van der Waals surface area contributed by atoms with E-state index in [1.807, 2.05) is 31.3 Å². The molecule has 2 aromatic rings. The Morgan fingerprint density at radius 3 is 2.71 bits per heavy atom. The van der Waals surface area contributed by atoms with Crippen molar-refractivity contribution in [3.8, 4) is 0 Å². The van der Waals surface area contributed by atoms with Crippen molar-refractivity contribution in [1.29, 1.82) is 0 Å². The van der Waals surface area contributed by atoms with E-state index in [0.717, 1.165) is 14.9 Å². The van der Waals surface area contributed by atoms with E-state index in [4.69, 9.17) is 0 Å². The second-order valence-electron chi connectivity index (χ2n) is 4.63. The Morgan fingerprint density at radius 2 is 2.05 bits per heavy atom. The lowest BCUT2D eigenvalue weighted by Crippen LogP contribution is -2.26. The van der Waals surface area contributed by atoms with Gasteiger partial charge in [-0.15, -0.1) is 11.3 Å². The molecule has 0 bridgehead atoms. The number of benzene rings is 1. The molecule has 21 heavy (non-hydrogen) atoms. The van der Waals surface area contributed by atoms with Crippen LogP contribution < -0.4 is 5.32 Å². The highest BCUT2D eigenvalue weighted by atomic mass is 79.9. The van der Waals surface area contributed by atoms with Crippen LogP contribution in [0, 0.1) is 0 Å². The fourth-order valence-corrected chi connectivity index (χ4v) is 4.73. The van der Waals surface area contributed by atoms with Gasteiger partial charge in [-0.1, -0.05) is 34.1 Å². The van der Waals surface area contributed by atoms with E-state index < -0.39 is 10.0 Å². The first-order valence-electron chi connectivity index (χ1n) is 6.37. The molecule has 114 valence electrons. The highest BCUT2D eigenvalue weighted by molar-refractivity contribution is 9.10. The molecule has 1 heterocycles. The summed E-state index contributed by atoms with van der Waals surface area (Å²) >= 11 is 4.89. The highest BCUT2D eigenvalue weighted by Crippen LogP contribution is 2.24. The lowest BCUT2D eigenvalue weighted by molar-refractivity contribution is 0.466. The van der Waals surface area contributed by atoms with Gasteiger partial charge in [0.25, 0.3) is 0 Å². The Hall–Kier alpha value is -0.730. The van der Waals surface area contributed by atoms with E-state index in [0.29, 0.717) is 18.0 Å². The van der Waals surface area contributed by atoms with Crippen molar-refractivity contribution >= 4 is 37.3 Å². The third-order valence-corrected chi connectivity index (χ3v) is 6.68. The second-order valence-corrected chi connectivity index (χ2v) is 8.53. The number of halogens is 1. The van der Waals surface area contributed by atoms with Crippen LogP contribution in [0.3, 0.4) is 0 Å². The molecule has 4 nitrogen and oxygen atoms in total. The minimum atomic E-state index is -3.46. The van der Waals surface area contributed by atoms with Gasteiger partial charge in [-0.2, -0.15) is 4.31 Å². The quantitative estimate of drug-likeness (QED) is 0.826. The predicted molar refractivity (Wildman–Crippen MR) is 89.9 cm³/mol. The minimum Gasteiger partial charge on any atom is -0.315 e. The molecule has 0 aliphatic heterocycles. The van der Waals surface area contributed by atoms with Crippen molar-refractivity contribution < 1.29 is 8.42 Å². The van der Waals surface area contributed by atoms with Gasteiger partial charge >= 0.3 is 0 Å². The lowest BCUT2D eigenvalue weighted by Gasteiger charge is -2.17. The first kappa shape index (κ1) is 16.6. The van der Waals surface area contributed by atoms with Gasteiger partial charge < -0.3 is 5.32 Å². The summed E-state index contributed by atoms with van der Waals surface area (Å²) < 4.78 is 27.4. The number of sulfonamides is 1. The molecule has 0 atom stereocenters. The fourth-order valence-electron chi connectivity index (χ4n) is 1.89. The Morgan fingerprint density at radius 1 is 1.33 bits per heavy atom. The van der Waals surface area contributed by atoms with Gasteiger partial charge in [0, 0.05) is 34.9 Å². The van der Waals surface area contributed by atoms with Gasteiger partial charge in [-0.05, 0) is 24.7 Å². The summed E-state index contributed by atoms with van der Waals surface area (Å²) in [5.74, 6) is 0. The van der Waals surface area contributed by atoms with E-state index in [2.05, 4.69) is 21.2 Å². The molecule has 0 amide bonds. The van der Waals surface area contributed by atoms with Crippen molar-refractivity contribution in [1.82, 2.24) is 9.62 Å².